The molecule has 1 unspecified atom stereocenters. The van der Waals surface area contributed by atoms with E-state index in [9.17, 15) is 5.02 Å². The Hall–Kier alpha value is -0.0151. The SMILES string of the molecule is CB(O)N1C(C)CCC12CCCCC2. The molecule has 1 atom stereocenters. The van der Waals surface area contributed by atoms with Crippen LogP contribution in [-0.2, 0) is 0 Å². The van der Waals surface area contributed by atoms with Crippen LogP contribution in [0.4, 0.5) is 0 Å². The molecule has 3 heteroatoms. The molecule has 0 amide bonds. The highest BCUT2D eigenvalue weighted by molar-refractivity contribution is 6.45. The summed E-state index contributed by atoms with van der Waals surface area (Å²) in [5, 5.41) is 9.87. The monoisotopic (exact) mass is 195 g/mol. The van der Waals surface area contributed by atoms with Gasteiger partial charge in [-0.05, 0) is 38.5 Å². The summed E-state index contributed by atoms with van der Waals surface area (Å²) >= 11 is 0. The molecule has 1 N–H and O–H groups in total. The van der Waals surface area contributed by atoms with Crippen molar-refractivity contribution in [2.24, 2.45) is 0 Å². The smallest absolute Gasteiger partial charge is 0.377 e. The highest BCUT2D eigenvalue weighted by Gasteiger charge is 2.47. The van der Waals surface area contributed by atoms with Gasteiger partial charge in [-0.2, -0.15) is 0 Å². The van der Waals surface area contributed by atoms with Gasteiger partial charge in [0.05, 0.1) is 0 Å². The van der Waals surface area contributed by atoms with Gasteiger partial charge in [0.15, 0.2) is 0 Å². The Bertz CT molecular complexity index is 196. The van der Waals surface area contributed by atoms with Crippen LogP contribution in [0.2, 0.25) is 6.82 Å². The van der Waals surface area contributed by atoms with Crippen LogP contribution in [-0.4, -0.2) is 28.5 Å². The van der Waals surface area contributed by atoms with Gasteiger partial charge in [-0.1, -0.05) is 26.2 Å². The Labute approximate surface area is 87.8 Å². The number of nitrogens with zero attached hydrogens (tertiary/aromatic N) is 1. The fourth-order valence-corrected chi connectivity index (χ4v) is 3.70. The Kier molecular flexibility index (Phi) is 2.89. The molecule has 0 aromatic carbocycles. The van der Waals surface area contributed by atoms with Crippen LogP contribution in [0.3, 0.4) is 0 Å². The Balaban J connectivity index is 2.15. The Morgan fingerprint density at radius 2 is 1.86 bits per heavy atom. The van der Waals surface area contributed by atoms with Crippen molar-refractivity contribution < 1.29 is 5.02 Å². The first-order valence-corrected chi connectivity index (χ1v) is 6.12. The van der Waals surface area contributed by atoms with Crippen molar-refractivity contribution in [2.45, 2.75) is 70.3 Å². The molecule has 2 rings (SSSR count). The van der Waals surface area contributed by atoms with E-state index in [1.54, 1.807) is 0 Å². The molecule has 1 aliphatic heterocycles. The fourth-order valence-electron chi connectivity index (χ4n) is 3.70. The summed E-state index contributed by atoms with van der Waals surface area (Å²) in [4.78, 5) is 2.38. The minimum absolute atomic E-state index is 0.259. The van der Waals surface area contributed by atoms with E-state index in [0.29, 0.717) is 11.6 Å². The summed E-state index contributed by atoms with van der Waals surface area (Å²) in [6.45, 7) is 4.19. The van der Waals surface area contributed by atoms with Crippen molar-refractivity contribution in [1.82, 2.24) is 4.81 Å². The summed E-state index contributed by atoms with van der Waals surface area (Å²) in [5.41, 5.74) is 0.367. The van der Waals surface area contributed by atoms with Crippen molar-refractivity contribution >= 4 is 7.05 Å². The zero-order valence-electron chi connectivity index (χ0n) is 9.50. The van der Waals surface area contributed by atoms with Gasteiger partial charge in [-0.15, -0.1) is 0 Å². The van der Waals surface area contributed by atoms with E-state index < -0.39 is 0 Å². The molecule has 0 bridgehead atoms. The van der Waals surface area contributed by atoms with Gasteiger partial charge in [-0.3, -0.25) is 0 Å². The summed E-state index contributed by atoms with van der Waals surface area (Å²) in [6, 6.07) is 0.577. The quantitative estimate of drug-likeness (QED) is 0.649. The van der Waals surface area contributed by atoms with E-state index >= 15 is 0 Å². The molecule has 0 aromatic heterocycles. The third-order valence-corrected chi connectivity index (χ3v) is 4.24. The predicted octanol–water partition coefficient (Wildman–Crippen LogP) is 2.28. The first-order chi connectivity index (χ1) is 6.66. The molecule has 1 saturated carbocycles. The lowest BCUT2D eigenvalue weighted by atomic mass is 9.72. The van der Waals surface area contributed by atoms with E-state index in [4.69, 9.17) is 0 Å². The normalized spacial score (nSPS) is 32.4. The first-order valence-electron chi connectivity index (χ1n) is 6.12. The maximum atomic E-state index is 9.87. The van der Waals surface area contributed by atoms with Gasteiger partial charge in [0.2, 0.25) is 0 Å². The van der Waals surface area contributed by atoms with Crippen molar-refractivity contribution in [3.8, 4) is 0 Å². The van der Waals surface area contributed by atoms with Crippen LogP contribution < -0.4 is 0 Å². The lowest BCUT2D eigenvalue weighted by Crippen LogP contribution is -2.54. The fraction of sp³-hybridized carbons (Fsp3) is 1.00. The number of hydrogen-bond donors (Lipinski definition) is 1. The van der Waals surface area contributed by atoms with Crippen molar-refractivity contribution in [2.75, 3.05) is 0 Å². The molecule has 0 aromatic rings. The molecular formula is C11H22BNO. The zero-order valence-corrected chi connectivity index (χ0v) is 9.50. The maximum Gasteiger partial charge on any atom is 0.377 e. The van der Waals surface area contributed by atoms with Gasteiger partial charge in [-0.25, -0.2) is 0 Å². The summed E-state index contributed by atoms with van der Waals surface area (Å²) in [5.74, 6) is 0. The van der Waals surface area contributed by atoms with E-state index in [0.717, 1.165) is 0 Å². The van der Waals surface area contributed by atoms with E-state index in [2.05, 4.69) is 11.7 Å². The molecule has 2 nitrogen and oxygen atoms in total. The van der Waals surface area contributed by atoms with Crippen LogP contribution in [0.15, 0.2) is 0 Å². The zero-order chi connectivity index (χ0) is 10.2. The molecule has 2 aliphatic rings. The lowest BCUT2D eigenvalue weighted by molar-refractivity contribution is 0.132. The number of hydrogen-bond acceptors (Lipinski definition) is 2. The molecule has 80 valence electrons. The standard InChI is InChI=1S/C11H22BNO/c1-10-6-9-11(13(10)12(2)14)7-4-3-5-8-11/h10,14H,3-9H2,1-2H3. The van der Waals surface area contributed by atoms with Crippen LogP contribution in [0, 0.1) is 0 Å². The average molecular weight is 195 g/mol. The first kappa shape index (κ1) is 10.5. The summed E-state index contributed by atoms with van der Waals surface area (Å²) in [7, 11) is -0.259. The van der Waals surface area contributed by atoms with E-state index in [-0.39, 0.29) is 7.05 Å². The average Bonchev–Trinajstić information content (AvgIpc) is 2.45. The lowest BCUT2D eigenvalue weighted by Gasteiger charge is -2.44. The maximum absolute atomic E-state index is 9.87. The van der Waals surface area contributed by atoms with E-state index in [1.165, 1.54) is 44.9 Å². The molecule has 1 aliphatic carbocycles. The minimum atomic E-state index is -0.259. The molecule has 1 spiro atoms. The predicted molar refractivity (Wildman–Crippen MR) is 60.2 cm³/mol. The third kappa shape index (κ3) is 1.61. The molecule has 14 heavy (non-hydrogen) atoms. The second kappa shape index (κ2) is 3.86. The second-order valence-electron chi connectivity index (χ2n) is 5.21. The molecule has 2 fully saturated rings. The Morgan fingerprint density at radius 3 is 2.43 bits per heavy atom. The number of rotatable bonds is 1. The summed E-state index contributed by atoms with van der Waals surface area (Å²) in [6.07, 6.45) is 9.30. The highest BCUT2D eigenvalue weighted by atomic mass is 16.2. The topological polar surface area (TPSA) is 23.5 Å². The van der Waals surface area contributed by atoms with Gasteiger partial charge in [0.25, 0.3) is 0 Å². The molecule has 1 saturated heterocycles. The van der Waals surface area contributed by atoms with Crippen molar-refractivity contribution in [3.63, 3.8) is 0 Å². The van der Waals surface area contributed by atoms with Gasteiger partial charge in [0, 0.05) is 5.54 Å². The molecule has 1 heterocycles. The second-order valence-corrected chi connectivity index (χ2v) is 5.21. The van der Waals surface area contributed by atoms with Crippen LogP contribution >= 0.6 is 0 Å². The largest absolute Gasteiger partial charge is 0.437 e. The van der Waals surface area contributed by atoms with Crippen LogP contribution in [0.25, 0.3) is 0 Å². The van der Waals surface area contributed by atoms with Gasteiger partial charge >= 0.3 is 7.05 Å². The highest BCUT2D eigenvalue weighted by Crippen LogP contribution is 2.44. The Morgan fingerprint density at radius 1 is 1.21 bits per heavy atom. The van der Waals surface area contributed by atoms with Crippen molar-refractivity contribution in [1.29, 1.82) is 0 Å². The van der Waals surface area contributed by atoms with Crippen LogP contribution in [0.1, 0.15) is 51.9 Å². The molecular weight excluding hydrogens is 173 g/mol. The van der Waals surface area contributed by atoms with Crippen LogP contribution in [0.5, 0.6) is 0 Å². The van der Waals surface area contributed by atoms with E-state index in [1.807, 2.05) is 6.82 Å². The third-order valence-electron chi connectivity index (χ3n) is 4.24. The molecule has 0 radical (unpaired) electrons. The minimum Gasteiger partial charge on any atom is -0.437 e. The summed E-state index contributed by atoms with van der Waals surface area (Å²) < 4.78 is 0. The van der Waals surface area contributed by atoms with Gasteiger partial charge < -0.3 is 9.83 Å². The van der Waals surface area contributed by atoms with Crippen molar-refractivity contribution in [3.05, 3.63) is 0 Å². The van der Waals surface area contributed by atoms with Gasteiger partial charge in [0.1, 0.15) is 0 Å².